The first-order chi connectivity index (χ1) is 9.60. The van der Waals surface area contributed by atoms with E-state index >= 15 is 0 Å². The van der Waals surface area contributed by atoms with Crippen molar-refractivity contribution in [3.63, 3.8) is 0 Å². The Bertz CT molecular complexity index is 628. The second-order valence-electron chi connectivity index (χ2n) is 4.25. The number of carbonyl (C=O) groups excluding carboxylic acids is 1. The van der Waals surface area contributed by atoms with E-state index in [-0.39, 0.29) is 11.7 Å². The van der Waals surface area contributed by atoms with Gasteiger partial charge in [0.25, 0.3) is 5.91 Å². The van der Waals surface area contributed by atoms with Crippen LogP contribution in [0.5, 0.6) is 5.75 Å². The average molecular weight is 336 g/mol. The molecule has 0 bridgehead atoms. The van der Waals surface area contributed by atoms with Crippen molar-refractivity contribution in [2.75, 3.05) is 12.4 Å². The van der Waals surface area contributed by atoms with Crippen LogP contribution in [0, 0.1) is 0 Å². The molecule has 2 N–H and O–H groups in total. The third kappa shape index (κ3) is 3.59. The van der Waals surface area contributed by atoms with Crippen molar-refractivity contribution in [2.24, 2.45) is 0 Å². The number of halogens is 1. The summed E-state index contributed by atoms with van der Waals surface area (Å²) in [4.78, 5) is 12.1. The normalized spacial score (nSPS) is 10.3. The second kappa shape index (κ2) is 6.54. The van der Waals surface area contributed by atoms with E-state index in [2.05, 4.69) is 21.2 Å². The zero-order valence-electron chi connectivity index (χ0n) is 10.9. The summed E-state index contributed by atoms with van der Waals surface area (Å²) < 4.78 is 5.60. The van der Waals surface area contributed by atoms with Crippen molar-refractivity contribution < 1.29 is 14.6 Å². The molecule has 0 saturated carbocycles. The number of anilines is 1. The number of hydrogen-bond donors (Lipinski definition) is 2. The van der Waals surface area contributed by atoms with E-state index < -0.39 is 0 Å². The van der Waals surface area contributed by atoms with Crippen LogP contribution in [0.25, 0.3) is 0 Å². The van der Waals surface area contributed by atoms with Gasteiger partial charge in [-0.25, -0.2) is 0 Å². The van der Waals surface area contributed by atoms with E-state index in [1.54, 1.807) is 25.3 Å². The Hall–Kier alpha value is -1.85. The molecule has 0 aliphatic rings. The van der Waals surface area contributed by atoms with Gasteiger partial charge in [-0.2, -0.15) is 0 Å². The van der Waals surface area contributed by atoms with Crippen LogP contribution >= 0.6 is 15.9 Å². The van der Waals surface area contributed by atoms with Gasteiger partial charge in [0.1, 0.15) is 5.75 Å². The van der Waals surface area contributed by atoms with Crippen LogP contribution in [0.15, 0.2) is 46.9 Å². The Labute approximate surface area is 125 Å². The van der Waals surface area contributed by atoms with Gasteiger partial charge in [-0.3, -0.25) is 4.79 Å². The maximum Gasteiger partial charge on any atom is 0.255 e. The Kier molecular flexibility index (Phi) is 4.76. The highest BCUT2D eigenvalue weighted by Crippen LogP contribution is 2.24. The zero-order chi connectivity index (χ0) is 14.5. The molecule has 0 aliphatic carbocycles. The van der Waals surface area contributed by atoms with E-state index in [1.807, 2.05) is 18.2 Å². The van der Waals surface area contributed by atoms with Gasteiger partial charge in [-0.15, -0.1) is 0 Å². The van der Waals surface area contributed by atoms with Crippen LogP contribution in [0.4, 0.5) is 5.69 Å². The molecule has 0 spiro atoms. The van der Waals surface area contributed by atoms with Crippen molar-refractivity contribution in [1.29, 1.82) is 0 Å². The third-order valence-corrected chi connectivity index (χ3v) is 3.37. The highest BCUT2D eigenvalue weighted by molar-refractivity contribution is 9.10. The monoisotopic (exact) mass is 335 g/mol. The lowest BCUT2D eigenvalue weighted by molar-refractivity contribution is 0.102. The molecule has 2 aromatic carbocycles. The van der Waals surface area contributed by atoms with Crippen LogP contribution in [-0.4, -0.2) is 18.1 Å². The fraction of sp³-hybridized carbons (Fsp3) is 0.133. The number of hydrogen-bond acceptors (Lipinski definition) is 3. The highest BCUT2D eigenvalue weighted by Gasteiger charge is 2.08. The molecule has 5 heteroatoms. The lowest BCUT2D eigenvalue weighted by Crippen LogP contribution is -2.11. The van der Waals surface area contributed by atoms with Gasteiger partial charge in [0.05, 0.1) is 11.1 Å². The van der Waals surface area contributed by atoms with Crippen LogP contribution < -0.4 is 5.32 Å². The summed E-state index contributed by atoms with van der Waals surface area (Å²) in [6.07, 6.45) is 0. The van der Waals surface area contributed by atoms with Gasteiger partial charge in [-0.05, 0) is 51.8 Å². The first-order valence-corrected chi connectivity index (χ1v) is 6.77. The molecule has 2 rings (SSSR count). The van der Waals surface area contributed by atoms with Crippen LogP contribution in [-0.2, 0) is 11.3 Å². The van der Waals surface area contributed by atoms with Gasteiger partial charge >= 0.3 is 0 Å². The first kappa shape index (κ1) is 14.6. The van der Waals surface area contributed by atoms with Gasteiger partial charge in [0.15, 0.2) is 0 Å². The molecule has 0 heterocycles. The average Bonchev–Trinajstić information content (AvgIpc) is 2.42. The van der Waals surface area contributed by atoms with E-state index in [9.17, 15) is 9.90 Å². The molecule has 20 heavy (non-hydrogen) atoms. The summed E-state index contributed by atoms with van der Waals surface area (Å²) in [5, 5.41) is 12.4. The van der Waals surface area contributed by atoms with Crippen LogP contribution in [0.3, 0.4) is 0 Å². The summed E-state index contributed by atoms with van der Waals surface area (Å²) >= 11 is 3.18. The van der Waals surface area contributed by atoms with Crippen LogP contribution in [0.1, 0.15) is 15.9 Å². The fourth-order valence-electron chi connectivity index (χ4n) is 1.76. The Balaban J connectivity index is 2.14. The molecular formula is C15H14BrNO3. The predicted octanol–water partition coefficient (Wildman–Crippen LogP) is 3.55. The van der Waals surface area contributed by atoms with E-state index in [4.69, 9.17) is 4.74 Å². The Morgan fingerprint density at radius 1 is 1.30 bits per heavy atom. The SMILES string of the molecule is COCc1cccc(NC(=O)c2ccc(Br)c(O)c2)c1. The number of benzene rings is 2. The molecule has 104 valence electrons. The van der Waals surface area contributed by atoms with E-state index in [1.165, 1.54) is 6.07 Å². The first-order valence-electron chi connectivity index (χ1n) is 5.98. The molecule has 1 amide bonds. The summed E-state index contributed by atoms with van der Waals surface area (Å²) in [7, 11) is 1.62. The second-order valence-corrected chi connectivity index (χ2v) is 5.11. The number of carbonyl (C=O) groups is 1. The lowest BCUT2D eigenvalue weighted by Gasteiger charge is -2.08. The van der Waals surface area contributed by atoms with Gasteiger partial charge < -0.3 is 15.2 Å². The Morgan fingerprint density at radius 2 is 2.10 bits per heavy atom. The molecule has 4 nitrogen and oxygen atoms in total. The molecule has 0 saturated heterocycles. The van der Waals surface area contributed by atoms with Crippen molar-refractivity contribution in [2.45, 2.75) is 6.61 Å². The number of amides is 1. The summed E-state index contributed by atoms with van der Waals surface area (Å²) in [6.45, 7) is 0.489. The minimum absolute atomic E-state index is 0.0331. The predicted molar refractivity (Wildman–Crippen MR) is 80.9 cm³/mol. The van der Waals surface area contributed by atoms with Gasteiger partial charge in [-0.1, -0.05) is 12.1 Å². The largest absolute Gasteiger partial charge is 0.507 e. The number of aromatic hydroxyl groups is 1. The minimum atomic E-state index is -0.276. The quantitative estimate of drug-likeness (QED) is 0.898. The van der Waals surface area contributed by atoms with Crippen molar-refractivity contribution in [3.8, 4) is 5.75 Å². The van der Waals surface area contributed by atoms with Crippen LogP contribution in [0.2, 0.25) is 0 Å². The van der Waals surface area contributed by atoms with E-state index in [0.29, 0.717) is 22.3 Å². The number of phenols is 1. The smallest absolute Gasteiger partial charge is 0.255 e. The third-order valence-electron chi connectivity index (χ3n) is 2.70. The molecule has 0 radical (unpaired) electrons. The molecule has 0 unspecified atom stereocenters. The maximum absolute atomic E-state index is 12.1. The zero-order valence-corrected chi connectivity index (χ0v) is 12.5. The van der Waals surface area contributed by atoms with Gasteiger partial charge in [0, 0.05) is 18.4 Å². The summed E-state index contributed by atoms with van der Waals surface area (Å²) in [5.41, 5.74) is 2.05. The molecule has 0 aromatic heterocycles. The molecule has 0 aliphatic heterocycles. The number of ether oxygens (including phenoxy) is 1. The van der Waals surface area contributed by atoms with Crippen molar-refractivity contribution >= 4 is 27.5 Å². The fourth-order valence-corrected chi connectivity index (χ4v) is 2.01. The molecule has 0 atom stereocenters. The standard InChI is InChI=1S/C15H14BrNO3/c1-20-9-10-3-2-4-12(7-10)17-15(19)11-5-6-13(16)14(18)8-11/h2-8,18H,9H2,1H3,(H,17,19). The highest BCUT2D eigenvalue weighted by atomic mass is 79.9. The molecule has 2 aromatic rings. The topological polar surface area (TPSA) is 58.6 Å². The number of rotatable bonds is 4. The number of nitrogens with one attached hydrogen (secondary N) is 1. The van der Waals surface area contributed by atoms with Gasteiger partial charge in [0.2, 0.25) is 0 Å². The summed E-state index contributed by atoms with van der Waals surface area (Å²) in [6, 6.07) is 12.1. The lowest BCUT2D eigenvalue weighted by atomic mass is 10.1. The minimum Gasteiger partial charge on any atom is -0.507 e. The summed E-state index contributed by atoms with van der Waals surface area (Å²) in [5.74, 6) is -0.242. The Morgan fingerprint density at radius 3 is 2.80 bits per heavy atom. The maximum atomic E-state index is 12.1. The molecule has 0 fully saturated rings. The molecular weight excluding hydrogens is 322 g/mol. The number of phenolic OH excluding ortho intramolecular Hbond substituents is 1. The van der Waals surface area contributed by atoms with Crippen molar-refractivity contribution in [3.05, 3.63) is 58.1 Å². The van der Waals surface area contributed by atoms with Crippen molar-refractivity contribution in [1.82, 2.24) is 0 Å². The van der Waals surface area contributed by atoms with E-state index in [0.717, 1.165) is 5.56 Å². The number of methoxy groups -OCH3 is 1.